The third-order valence-electron chi connectivity index (χ3n) is 2.91. The summed E-state index contributed by atoms with van der Waals surface area (Å²) in [4.78, 5) is 0. The summed E-state index contributed by atoms with van der Waals surface area (Å²) >= 11 is 0. The fourth-order valence-corrected chi connectivity index (χ4v) is 2.22. The zero-order valence-electron chi connectivity index (χ0n) is 8.51. The number of benzene rings is 2. The molecule has 0 unspecified atom stereocenters. The maximum atomic E-state index is 9.12. The van der Waals surface area contributed by atoms with Gasteiger partial charge in [0.25, 0.3) is 0 Å². The molecule has 0 atom stereocenters. The first-order valence-corrected chi connectivity index (χ1v) is 5.03. The number of anilines is 1. The van der Waals surface area contributed by atoms with E-state index in [2.05, 4.69) is 5.16 Å². The highest BCUT2D eigenvalue weighted by atomic mass is 16.4. The summed E-state index contributed by atoms with van der Waals surface area (Å²) in [6.07, 6.45) is 0. The number of hydrogen-bond acceptors (Lipinski definition) is 3. The molecule has 0 spiro atoms. The molecule has 78 valence electrons. The monoisotopic (exact) mass is 210 g/mol. The second-order valence-corrected chi connectivity index (χ2v) is 3.76. The molecule has 0 bridgehead atoms. The predicted octanol–water partition coefficient (Wildman–Crippen LogP) is 2.48. The molecule has 3 nitrogen and oxygen atoms in total. The average molecular weight is 210 g/mol. The molecule has 0 aliphatic heterocycles. The summed E-state index contributed by atoms with van der Waals surface area (Å²) in [5.41, 5.74) is 11.0. The molecule has 1 aliphatic rings. The lowest BCUT2D eigenvalue weighted by Gasteiger charge is -2.02. The van der Waals surface area contributed by atoms with E-state index >= 15 is 0 Å². The van der Waals surface area contributed by atoms with E-state index in [9.17, 15) is 0 Å². The van der Waals surface area contributed by atoms with Gasteiger partial charge in [0.15, 0.2) is 0 Å². The largest absolute Gasteiger partial charge is 0.410 e. The second kappa shape index (κ2) is 3.10. The van der Waals surface area contributed by atoms with Gasteiger partial charge in [-0.1, -0.05) is 41.6 Å². The van der Waals surface area contributed by atoms with Crippen molar-refractivity contribution in [2.24, 2.45) is 5.16 Å². The Balaban J connectivity index is 2.44. The van der Waals surface area contributed by atoms with E-state index in [0.29, 0.717) is 11.4 Å². The van der Waals surface area contributed by atoms with Crippen molar-refractivity contribution in [2.45, 2.75) is 0 Å². The van der Waals surface area contributed by atoms with E-state index in [1.165, 1.54) is 0 Å². The highest BCUT2D eigenvalue weighted by Crippen LogP contribution is 2.39. The van der Waals surface area contributed by atoms with Gasteiger partial charge in [0, 0.05) is 16.8 Å². The van der Waals surface area contributed by atoms with Gasteiger partial charge >= 0.3 is 0 Å². The van der Waals surface area contributed by atoms with E-state index in [-0.39, 0.29) is 0 Å². The molecule has 3 N–H and O–H groups in total. The maximum Gasteiger partial charge on any atom is 0.120 e. The van der Waals surface area contributed by atoms with Gasteiger partial charge in [0.1, 0.15) is 5.71 Å². The van der Waals surface area contributed by atoms with E-state index in [1.807, 2.05) is 42.5 Å². The summed E-state index contributed by atoms with van der Waals surface area (Å²) in [6.45, 7) is 0. The highest BCUT2D eigenvalue weighted by Gasteiger charge is 2.26. The van der Waals surface area contributed by atoms with E-state index in [0.717, 1.165) is 22.3 Å². The molecule has 0 aromatic heterocycles. The first-order chi connectivity index (χ1) is 7.83. The van der Waals surface area contributed by atoms with Crippen LogP contribution in [0.4, 0.5) is 5.69 Å². The van der Waals surface area contributed by atoms with Crippen LogP contribution in [0.5, 0.6) is 0 Å². The van der Waals surface area contributed by atoms with Gasteiger partial charge in [-0.25, -0.2) is 0 Å². The third kappa shape index (κ3) is 0.997. The van der Waals surface area contributed by atoms with Crippen LogP contribution in [0.25, 0.3) is 11.1 Å². The minimum Gasteiger partial charge on any atom is -0.410 e. The number of nitrogens with two attached hydrogens (primary N) is 1. The van der Waals surface area contributed by atoms with Crippen molar-refractivity contribution in [1.29, 1.82) is 0 Å². The van der Waals surface area contributed by atoms with Gasteiger partial charge in [-0.15, -0.1) is 0 Å². The molecular formula is C13H10N2O. The van der Waals surface area contributed by atoms with Crippen LogP contribution in [0.15, 0.2) is 47.6 Å². The molecule has 3 heteroatoms. The summed E-state index contributed by atoms with van der Waals surface area (Å²) in [5.74, 6) is 0. The second-order valence-electron chi connectivity index (χ2n) is 3.76. The van der Waals surface area contributed by atoms with Crippen molar-refractivity contribution in [3.05, 3.63) is 53.6 Å². The van der Waals surface area contributed by atoms with Crippen LogP contribution in [-0.2, 0) is 0 Å². The molecule has 1 aliphatic carbocycles. The predicted molar refractivity (Wildman–Crippen MR) is 63.7 cm³/mol. The Morgan fingerprint density at radius 3 is 2.31 bits per heavy atom. The number of oxime groups is 1. The Morgan fingerprint density at radius 2 is 1.56 bits per heavy atom. The van der Waals surface area contributed by atoms with Crippen molar-refractivity contribution >= 4 is 11.4 Å². The number of nitrogens with zero attached hydrogens (tertiary/aromatic N) is 1. The molecule has 3 rings (SSSR count). The molecule has 2 aromatic carbocycles. The van der Waals surface area contributed by atoms with Gasteiger partial charge < -0.3 is 10.9 Å². The first-order valence-electron chi connectivity index (χ1n) is 5.03. The van der Waals surface area contributed by atoms with Gasteiger partial charge in [-0.2, -0.15) is 0 Å². The molecule has 0 radical (unpaired) electrons. The molecular weight excluding hydrogens is 200 g/mol. The first kappa shape index (κ1) is 8.97. The van der Waals surface area contributed by atoms with Gasteiger partial charge in [-0.3, -0.25) is 0 Å². The van der Waals surface area contributed by atoms with Crippen LogP contribution in [0.3, 0.4) is 0 Å². The van der Waals surface area contributed by atoms with Crippen molar-refractivity contribution in [1.82, 2.24) is 0 Å². The van der Waals surface area contributed by atoms with E-state index in [4.69, 9.17) is 10.9 Å². The van der Waals surface area contributed by atoms with Crippen molar-refractivity contribution in [3.63, 3.8) is 0 Å². The van der Waals surface area contributed by atoms with E-state index < -0.39 is 0 Å². The number of nitrogen functional groups attached to an aromatic ring is 1. The minimum atomic E-state index is 0.559. The Labute approximate surface area is 92.8 Å². The number of hydrogen-bond donors (Lipinski definition) is 2. The highest BCUT2D eigenvalue weighted by molar-refractivity contribution is 6.26. The summed E-state index contributed by atoms with van der Waals surface area (Å²) in [7, 11) is 0. The lowest BCUT2D eigenvalue weighted by Crippen LogP contribution is -2.02. The Hall–Kier alpha value is -2.29. The summed E-state index contributed by atoms with van der Waals surface area (Å²) in [6, 6.07) is 13.5. The lowest BCUT2D eigenvalue weighted by atomic mass is 10.1. The third-order valence-corrected chi connectivity index (χ3v) is 2.91. The zero-order valence-corrected chi connectivity index (χ0v) is 8.51. The quantitative estimate of drug-likeness (QED) is 0.340. The van der Waals surface area contributed by atoms with Crippen LogP contribution in [0.1, 0.15) is 11.1 Å². The van der Waals surface area contributed by atoms with Crippen LogP contribution in [0, 0.1) is 0 Å². The standard InChI is InChI=1S/C13H10N2O/c14-11-7-3-6-9-8-4-1-2-5-10(8)13(15-16)12(9)11/h1-7,16H,14H2/b15-13+. The fourth-order valence-electron chi connectivity index (χ4n) is 2.22. The molecule has 2 aromatic rings. The Morgan fingerprint density at radius 1 is 0.875 bits per heavy atom. The topological polar surface area (TPSA) is 58.6 Å². The minimum absolute atomic E-state index is 0.559. The van der Waals surface area contributed by atoms with Crippen molar-refractivity contribution in [3.8, 4) is 11.1 Å². The lowest BCUT2D eigenvalue weighted by molar-refractivity contribution is 0.320. The molecule has 0 heterocycles. The van der Waals surface area contributed by atoms with Crippen LogP contribution < -0.4 is 5.73 Å². The molecule has 0 amide bonds. The number of rotatable bonds is 0. The molecule has 16 heavy (non-hydrogen) atoms. The van der Waals surface area contributed by atoms with Gasteiger partial charge in [0.05, 0.1) is 0 Å². The zero-order chi connectivity index (χ0) is 11.1. The smallest absolute Gasteiger partial charge is 0.120 e. The summed E-state index contributed by atoms with van der Waals surface area (Å²) in [5, 5.41) is 12.5. The maximum absolute atomic E-state index is 9.12. The van der Waals surface area contributed by atoms with Crippen molar-refractivity contribution < 1.29 is 5.21 Å². The van der Waals surface area contributed by atoms with Crippen LogP contribution in [0.2, 0.25) is 0 Å². The van der Waals surface area contributed by atoms with Crippen molar-refractivity contribution in [2.75, 3.05) is 5.73 Å². The van der Waals surface area contributed by atoms with E-state index in [1.54, 1.807) is 0 Å². The Bertz CT molecular complexity index is 603. The SMILES string of the molecule is Nc1cccc2c1/C(=N/O)c1ccccc1-2. The van der Waals surface area contributed by atoms with Gasteiger partial charge in [0.2, 0.25) is 0 Å². The van der Waals surface area contributed by atoms with Crippen LogP contribution in [-0.4, -0.2) is 10.9 Å². The van der Waals surface area contributed by atoms with Crippen LogP contribution >= 0.6 is 0 Å². The average Bonchev–Trinajstić information content (AvgIpc) is 2.65. The molecule has 0 saturated carbocycles. The molecule has 0 saturated heterocycles. The fraction of sp³-hybridized carbons (Fsp3) is 0. The molecule has 0 fully saturated rings. The van der Waals surface area contributed by atoms with Gasteiger partial charge in [-0.05, 0) is 17.2 Å². The number of fused-ring (bicyclic) bond motifs is 3. The normalized spacial score (nSPS) is 14.9. The summed E-state index contributed by atoms with van der Waals surface area (Å²) < 4.78 is 0. The Kier molecular flexibility index (Phi) is 1.74.